The van der Waals surface area contributed by atoms with Crippen LogP contribution >= 0.6 is 0 Å². The maximum Gasteiger partial charge on any atom is 0.255 e. The summed E-state index contributed by atoms with van der Waals surface area (Å²) in [4.78, 5) is 12.7. The minimum Gasteiger partial charge on any atom is -0.490 e. The topological polar surface area (TPSA) is 103 Å². The molecule has 1 fully saturated rings. The van der Waals surface area contributed by atoms with Crippen molar-refractivity contribution in [2.24, 2.45) is 0 Å². The summed E-state index contributed by atoms with van der Waals surface area (Å²) in [6.07, 6.45) is 2.51. The van der Waals surface area contributed by atoms with Crippen LogP contribution in [0.25, 0.3) is 0 Å². The highest BCUT2D eigenvalue weighted by Crippen LogP contribution is 2.32. The molecule has 2 N–H and O–H groups in total. The van der Waals surface area contributed by atoms with Crippen LogP contribution in [0.5, 0.6) is 11.5 Å². The summed E-state index contributed by atoms with van der Waals surface area (Å²) in [5.74, 6) is 0.889. The van der Waals surface area contributed by atoms with Crippen molar-refractivity contribution in [1.29, 1.82) is 0 Å². The van der Waals surface area contributed by atoms with E-state index in [2.05, 4.69) is 10.0 Å². The predicted molar refractivity (Wildman–Crippen MR) is 111 cm³/mol. The van der Waals surface area contributed by atoms with Crippen LogP contribution in [-0.2, 0) is 14.8 Å². The first-order valence-corrected chi connectivity index (χ1v) is 11.4. The van der Waals surface area contributed by atoms with Crippen molar-refractivity contribution in [2.45, 2.75) is 30.3 Å². The summed E-state index contributed by atoms with van der Waals surface area (Å²) in [7, 11) is -3.65. The molecule has 1 atom stereocenters. The van der Waals surface area contributed by atoms with Gasteiger partial charge in [0.25, 0.3) is 5.91 Å². The van der Waals surface area contributed by atoms with Crippen molar-refractivity contribution in [3.8, 4) is 11.5 Å². The van der Waals surface area contributed by atoms with Crippen molar-refractivity contribution in [3.63, 3.8) is 0 Å². The van der Waals surface area contributed by atoms with Gasteiger partial charge in [0.1, 0.15) is 0 Å². The van der Waals surface area contributed by atoms with E-state index in [4.69, 9.17) is 14.2 Å². The smallest absolute Gasteiger partial charge is 0.255 e. The minimum atomic E-state index is -3.65. The zero-order valence-electron chi connectivity index (χ0n) is 16.4. The third-order valence-electron chi connectivity index (χ3n) is 4.96. The molecule has 2 aliphatic heterocycles. The fourth-order valence-electron chi connectivity index (χ4n) is 3.32. The zero-order valence-corrected chi connectivity index (χ0v) is 17.2. The Kier molecular flexibility index (Phi) is 6.21. The summed E-state index contributed by atoms with van der Waals surface area (Å²) in [6.45, 7) is 2.06. The Bertz CT molecular complexity index is 1000. The standard InChI is InChI=1S/C21H24N2O6S/c24-21(23-16-6-9-19-20(13-16)29-12-2-11-28-19)15-4-7-18(8-5-15)30(25,26)22-14-17-3-1-10-27-17/h4-9,13,17,22H,1-3,10-12,14H2,(H,23,24)/t17-/m1/s1. The number of hydrogen-bond acceptors (Lipinski definition) is 6. The zero-order chi connectivity index (χ0) is 21.0. The molecule has 2 aromatic carbocycles. The van der Waals surface area contributed by atoms with Gasteiger partial charge >= 0.3 is 0 Å². The molecule has 0 spiro atoms. The van der Waals surface area contributed by atoms with E-state index >= 15 is 0 Å². The molecular formula is C21H24N2O6S. The average molecular weight is 432 g/mol. The molecule has 2 aliphatic rings. The molecule has 30 heavy (non-hydrogen) atoms. The highest BCUT2D eigenvalue weighted by Gasteiger charge is 2.20. The Morgan fingerprint density at radius 1 is 0.967 bits per heavy atom. The van der Waals surface area contributed by atoms with Crippen molar-refractivity contribution >= 4 is 21.6 Å². The van der Waals surface area contributed by atoms with E-state index in [0.29, 0.717) is 42.6 Å². The van der Waals surface area contributed by atoms with Crippen LogP contribution in [-0.4, -0.2) is 46.8 Å². The number of carbonyl (C=O) groups excluding carboxylic acids is 1. The van der Waals surface area contributed by atoms with Gasteiger partial charge in [-0.3, -0.25) is 4.79 Å². The summed E-state index contributed by atoms with van der Waals surface area (Å²) in [6, 6.07) is 11.0. The van der Waals surface area contributed by atoms with Crippen LogP contribution in [0.15, 0.2) is 47.4 Å². The highest BCUT2D eigenvalue weighted by atomic mass is 32.2. The maximum atomic E-state index is 12.5. The van der Waals surface area contributed by atoms with E-state index < -0.39 is 10.0 Å². The third kappa shape index (κ3) is 4.92. The predicted octanol–water partition coefficient (Wildman–Crippen LogP) is 2.56. The average Bonchev–Trinajstić information content (AvgIpc) is 3.17. The molecule has 0 aromatic heterocycles. The number of hydrogen-bond donors (Lipinski definition) is 2. The fourth-order valence-corrected chi connectivity index (χ4v) is 4.39. The van der Waals surface area contributed by atoms with Gasteiger partial charge in [0.15, 0.2) is 11.5 Å². The van der Waals surface area contributed by atoms with Gasteiger partial charge in [-0.15, -0.1) is 0 Å². The number of ether oxygens (including phenoxy) is 3. The Labute approximate surface area is 175 Å². The number of carbonyl (C=O) groups is 1. The maximum absolute atomic E-state index is 12.5. The number of anilines is 1. The number of fused-ring (bicyclic) bond motifs is 1. The molecule has 0 aliphatic carbocycles. The van der Waals surface area contributed by atoms with Gasteiger partial charge in [-0.1, -0.05) is 0 Å². The molecular weight excluding hydrogens is 408 g/mol. The quantitative estimate of drug-likeness (QED) is 0.727. The molecule has 1 amide bonds. The van der Waals surface area contributed by atoms with Gasteiger partial charge in [0, 0.05) is 36.9 Å². The highest BCUT2D eigenvalue weighted by molar-refractivity contribution is 7.89. The lowest BCUT2D eigenvalue weighted by Crippen LogP contribution is -2.31. The molecule has 8 nitrogen and oxygen atoms in total. The third-order valence-corrected chi connectivity index (χ3v) is 6.40. The molecule has 160 valence electrons. The van der Waals surface area contributed by atoms with Crippen molar-refractivity contribution in [3.05, 3.63) is 48.0 Å². The lowest BCUT2D eigenvalue weighted by atomic mass is 10.2. The van der Waals surface area contributed by atoms with E-state index in [9.17, 15) is 13.2 Å². The normalized spacial score (nSPS) is 18.6. The van der Waals surface area contributed by atoms with Crippen LogP contribution in [0.1, 0.15) is 29.6 Å². The molecule has 9 heteroatoms. The van der Waals surface area contributed by atoms with E-state index in [0.717, 1.165) is 19.3 Å². The Morgan fingerprint density at radius 2 is 1.73 bits per heavy atom. The van der Waals surface area contributed by atoms with E-state index in [1.807, 2.05) is 0 Å². The van der Waals surface area contributed by atoms with Crippen LogP contribution in [0.4, 0.5) is 5.69 Å². The molecule has 0 radical (unpaired) electrons. The Balaban J connectivity index is 1.39. The van der Waals surface area contributed by atoms with Gasteiger partial charge < -0.3 is 19.5 Å². The van der Waals surface area contributed by atoms with Crippen molar-refractivity contribution in [1.82, 2.24) is 4.72 Å². The molecule has 0 bridgehead atoms. The molecule has 0 saturated carbocycles. The molecule has 2 aromatic rings. The number of rotatable bonds is 6. The first-order chi connectivity index (χ1) is 14.5. The van der Waals surface area contributed by atoms with E-state index in [-0.39, 0.29) is 23.5 Å². The second-order valence-corrected chi connectivity index (χ2v) is 8.94. The fraction of sp³-hybridized carbons (Fsp3) is 0.381. The second kappa shape index (κ2) is 9.03. The van der Waals surface area contributed by atoms with Gasteiger partial charge in [0.2, 0.25) is 10.0 Å². The lowest BCUT2D eigenvalue weighted by Gasteiger charge is -2.12. The monoisotopic (exact) mass is 432 g/mol. The molecule has 2 heterocycles. The van der Waals surface area contributed by atoms with Crippen LogP contribution in [0, 0.1) is 0 Å². The van der Waals surface area contributed by atoms with E-state index in [1.165, 1.54) is 24.3 Å². The Hall–Kier alpha value is -2.62. The van der Waals surface area contributed by atoms with Crippen LogP contribution in [0.2, 0.25) is 0 Å². The SMILES string of the molecule is O=C(Nc1ccc2c(c1)OCCCO2)c1ccc(S(=O)(=O)NC[C@H]2CCCO2)cc1. The van der Waals surface area contributed by atoms with Crippen molar-refractivity contribution in [2.75, 3.05) is 31.7 Å². The lowest BCUT2D eigenvalue weighted by molar-refractivity contribution is 0.102. The largest absolute Gasteiger partial charge is 0.490 e. The van der Waals surface area contributed by atoms with E-state index in [1.54, 1.807) is 18.2 Å². The van der Waals surface area contributed by atoms with Gasteiger partial charge in [-0.25, -0.2) is 13.1 Å². The second-order valence-electron chi connectivity index (χ2n) is 7.18. The summed E-state index contributed by atoms with van der Waals surface area (Å²) < 4.78 is 44.1. The number of benzene rings is 2. The molecule has 0 unspecified atom stereocenters. The van der Waals surface area contributed by atoms with Gasteiger partial charge in [-0.2, -0.15) is 0 Å². The first-order valence-electron chi connectivity index (χ1n) is 9.94. The first kappa shape index (κ1) is 20.6. The summed E-state index contributed by atoms with van der Waals surface area (Å²) in [5.41, 5.74) is 0.916. The summed E-state index contributed by atoms with van der Waals surface area (Å²) >= 11 is 0. The van der Waals surface area contributed by atoms with Crippen molar-refractivity contribution < 1.29 is 27.4 Å². The number of amides is 1. The van der Waals surface area contributed by atoms with Gasteiger partial charge in [-0.05, 0) is 49.2 Å². The van der Waals surface area contributed by atoms with Crippen LogP contribution in [0.3, 0.4) is 0 Å². The Morgan fingerprint density at radius 3 is 2.47 bits per heavy atom. The molecule has 4 rings (SSSR count). The van der Waals surface area contributed by atoms with Gasteiger partial charge in [0.05, 0.1) is 24.2 Å². The minimum absolute atomic E-state index is 0.0832. The summed E-state index contributed by atoms with van der Waals surface area (Å²) in [5, 5.41) is 2.79. The number of nitrogens with one attached hydrogen (secondary N) is 2. The van der Waals surface area contributed by atoms with Crippen LogP contribution < -0.4 is 19.5 Å². The molecule has 1 saturated heterocycles. The number of sulfonamides is 1.